The highest BCUT2D eigenvalue weighted by atomic mass is 32.2. The van der Waals surface area contributed by atoms with Crippen LogP contribution >= 0.6 is 0 Å². The van der Waals surface area contributed by atoms with E-state index in [-0.39, 0.29) is 23.5 Å². The van der Waals surface area contributed by atoms with Gasteiger partial charge in [0.15, 0.2) is 9.84 Å². The van der Waals surface area contributed by atoms with Gasteiger partial charge >= 0.3 is 6.09 Å². The van der Waals surface area contributed by atoms with Gasteiger partial charge in [-0.3, -0.25) is 9.36 Å². The van der Waals surface area contributed by atoms with Gasteiger partial charge in [0.05, 0.1) is 11.5 Å². The molecule has 0 radical (unpaired) electrons. The maximum atomic E-state index is 13.0. The first-order chi connectivity index (χ1) is 17.1. The minimum Gasteiger partial charge on any atom is -0.493 e. The maximum Gasteiger partial charge on any atom is 0.407 e. The maximum absolute atomic E-state index is 13.0. The van der Waals surface area contributed by atoms with Gasteiger partial charge in [-0.1, -0.05) is 18.2 Å². The number of hydrogen-bond donors (Lipinski definition) is 1. The molecule has 1 aliphatic heterocycles. The van der Waals surface area contributed by atoms with Crippen LogP contribution in [0.5, 0.6) is 11.5 Å². The van der Waals surface area contributed by atoms with Crippen molar-refractivity contribution in [2.24, 2.45) is 0 Å². The van der Waals surface area contributed by atoms with Gasteiger partial charge in [-0.25, -0.2) is 13.2 Å². The molecule has 2 aromatic carbocycles. The average Bonchev–Trinajstić information content (AvgIpc) is 2.84. The Labute approximate surface area is 209 Å². The lowest BCUT2D eigenvalue weighted by molar-refractivity contribution is -0.000891. The molecule has 0 saturated carbocycles. The van der Waals surface area contributed by atoms with Crippen molar-refractivity contribution in [2.75, 3.05) is 26.0 Å². The number of benzene rings is 2. The van der Waals surface area contributed by atoms with E-state index in [1.165, 1.54) is 27.7 Å². The average molecular weight is 513 g/mol. The van der Waals surface area contributed by atoms with Crippen LogP contribution in [0.15, 0.2) is 76.6 Å². The van der Waals surface area contributed by atoms with E-state index in [9.17, 15) is 23.1 Å². The van der Waals surface area contributed by atoms with Crippen molar-refractivity contribution < 1.29 is 27.8 Å². The quantitative estimate of drug-likeness (QED) is 0.513. The summed E-state index contributed by atoms with van der Waals surface area (Å²) in [6, 6.07) is 16.6. The first kappa shape index (κ1) is 25.3. The van der Waals surface area contributed by atoms with Crippen LogP contribution in [0.3, 0.4) is 0 Å². The fourth-order valence-electron chi connectivity index (χ4n) is 4.43. The Morgan fingerprint density at radius 1 is 1.06 bits per heavy atom. The second-order valence-electron chi connectivity index (χ2n) is 8.63. The zero-order chi connectivity index (χ0) is 25.9. The standard InChI is InChI=1S/C26H28N2O7S/c1-3-34-23-7-5-4-6-22(23)26(13-16-27(17-14-26)25(30)31)35-20-12-15-28(24(29)18-20)19-8-10-21(11-9-19)36(2,32)33/h4-12,15,18H,3,13-14,16-17H2,1-2H3,(H,30,31). The lowest BCUT2D eigenvalue weighted by atomic mass is 9.83. The fourth-order valence-corrected chi connectivity index (χ4v) is 5.06. The van der Waals surface area contributed by atoms with E-state index in [0.717, 1.165) is 11.8 Å². The van der Waals surface area contributed by atoms with Crippen molar-refractivity contribution in [3.63, 3.8) is 0 Å². The van der Waals surface area contributed by atoms with Crippen molar-refractivity contribution >= 4 is 15.9 Å². The summed E-state index contributed by atoms with van der Waals surface area (Å²) in [5.41, 5.74) is 0.0892. The number of sulfone groups is 1. The molecule has 190 valence electrons. The van der Waals surface area contributed by atoms with E-state index < -0.39 is 21.5 Å². The second-order valence-corrected chi connectivity index (χ2v) is 10.6. The third-order valence-electron chi connectivity index (χ3n) is 6.27. The van der Waals surface area contributed by atoms with E-state index in [1.807, 2.05) is 31.2 Å². The highest BCUT2D eigenvalue weighted by molar-refractivity contribution is 7.90. The normalized spacial score (nSPS) is 15.3. The molecule has 1 aliphatic rings. The highest BCUT2D eigenvalue weighted by Crippen LogP contribution is 2.42. The van der Waals surface area contributed by atoms with Gasteiger partial charge in [0.25, 0.3) is 5.56 Å². The molecule has 0 bridgehead atoms. The number of hydrogen-bond acceptors (Lipinski definition) is 6. The van der Waals surface area contributed by atoms with E-state index >= 15 is 0 Å². The molecule has 3 aromatic rings. The first-order valence-electron chi connectivity index (χ1n) is 11.6. The predicted molar refractivity (Wildman–Crippen MR) is 134 cm³/mol. The number of carboxylic acid groups (broad SMARTS) is 1. The van der Waals surface area contributed by atoms with Crippen LogP contribution in [0.4, 0.5) is 4.79 Å². The molecule has 1 fully saturated rings. The van der Waals surface area contributed by atoms with E-state index in [1.54, 1.807) is 24.4 Å². The third kappa shape index (κ3) is 5.23. The lowest BCUT2D eigenvalue weighted by Crippen LogP contribution is -2.48. The molecular weight excluding hydrogens is 484 g/mol. The number of piperidine rings is 1. The van der Waals surface area contributed by atoms with Gasteiger partial charge in [-0.2, -0.15) is 0 Å². The SMILES string of the molecule is CCOc1ccccc1C1(Oc2ccn(-c3ccc(S(C)(=O)=O)cc3)c(=O)c2)CCN(C(=O)O)CC1. The topological polar surface area (TPSA) is 115 Å². The zero-order valence-corrected chi connectivity index (χ0v) is 20.9. The van der Waals surface area contributed by atoms with Crippen molar-refractivity contribution in [2.45, 2.75) is 30.3 Å². The van der Waals surface area contributed by atoms with Crippen LogP contribution in [0.25, 0.3) is 5.69 Å². The van der Waals surface area contributed by atoms with Crippen LogP contribution in [0, 0.1) is 0 Å². The number of para-hydroxylation sites is 1. The minimum atomic E-state index is -3.34. The van der Waals surface area contributed by atoms with E-state index in [0.29, 0.717) is 36.6 Å². The minimum absolute atomic E-state index is 0.168. The molecule has 0 atom stereocenters. The molecule has 0 unspecified atom stereocenters. The van der Waals surface area contributed by atoms with Gasteiger partial charge in [0, 0.05) is 55.7 Å². The summed E-state index contributed by atoms with van der Waals surface area (Å²) in [4.78, 5) is 26.0. The monoisotopic (exact) mass is 512 g/mol. The molecule has 4 rings (SSSR count). The largest absolute Gasteiger partial charge is 0.493 e. The number of nitrogens with zero attached hydrogens (tertiary/aromatic N) is 2. The summed E-state index contributed by atoms with van der Waals surface area (Å²) in [6.07, 6.45) is 2.49. The number of likely N-dealkylation sites (tertiary alicyclic amines) is 1. The molecule has 0 aliphatic carbocycles. The molecule has 2 heterocycles. The van der Waals surface area contributed by atoms with Crippen molar-refractivity contribution in [3.05, 3.63) is 82.8 Å². The number of ether oxygens (including phenoxy) is 2. The molecule has 1 amide bonds. The summed E-state index contributed by atoms with van der Waals surface area (Å²) in [7, 11) is -3.34. The molecule has 1 N–H and O–H groups in total. The smallest absolute Gasteiger partial charge is 0.407 e. The van der Waals surface area contributed by atoms with Crippen LogP contribution in [-0.4, -0.2) is 55.0 Å². The Morgan fingerprint density at radius 2 is 1.72 bits per heavy atom. The van der Waals surface area contributed by atoms with Crippen LogP contribution in [-0.2, 0) is 15.4 Å². The molecule has 0 spiro atoms. The number of amides is 1. The Hall–Kier alpha value is -3.79. The second kappa shape index (κ2) is 10.1. The molecule has 9 nitrogen and oxygen atoms in total. The molecule has 10 heteroatoms. The molecular formula is C26H28N2O7S. The van der Waals surface area contributed by atoms with E-state index in [4.69, 9.17) is 9.47 Å². The number of aromatic nitrogens is 1. The molecule has 36 heavy (non-hydrogen) atoms. The van der Waals surface area contributed by atoms with Gasteiger partial charge in [0.2, 0.25) is 0 Å². The predicted octanol–water partition coefficient (Wildman–Crippen LogP) is 3.69. The van der Waals surface area contributed by atoms with Gasteiger partial charge in [-0.05, 0) is 43.3 Å². The highest BCUT2D eigenvalue weighted by Gasteiger charge is 2.41. The van der Waals surface area contributed by atoms with Crippen molar-refractivity contribution in [1.29, 1.82) is 0 Å². The van der Waals surface area contributed by atoms with Crippen LogP contribution in [0.1, 0.15) is 25.3 Å². The summed E-state index contributed by atoms with van der Waals surface area (Å²) >= 11 is 0. The van der Waals surface area contributed by atoms with Gasteiger partial charge in [-0.15, -0.1) is 0 Å². The Bertz CT molecular complexity index is 1410. The number of pyridine rings is 1. The Kier molecular flexibility index (Phi) is 7.07. The lowest BCUT2D eigenvalue weighted by Gasteiger charge is -2.42. The Morgan fingerprint density at radius 3 is 2.31 bits per heavy atom. The van der Waals surface area contributed by atoms with E-state index in [2.05, 4.69) is 0 Å². The molecule has 1 aromatic heterocycles. The zero-order valence-electron chi connectivity index (χ0n) is 20.1. The summed E-state index contributed by atoms with van der Waals surface area (Å²) in [5.74, 6) is 1.00. The first-order valence-corrected chi connectivity index (χ1v) is 13.4. The van der Waals surface area contributed by atoms with Crippen molar-refractivity contribution in [1.82, 2.24) is 9.47 Å². The van der Waals surface area contributed by atoms with Gasteiger partial charge in [0.1, 0.15) is 17.1 Å². The summed E-state index contributed by atoms with van der Waals surface area (Å²) in [5, 5.41) is 9.43. The number of rotatable bonds is 7. The van der Waals surface area contributed by atoms with Crippen LogP contribution < -0.4 is 15.0 Å². The fraction of sp³-hybridized carbons (Fsp3) is 0.308. The summed E-state index contributed by atoms with van der Waals surface area (Å²) in [6.45, 7) is 2.90. The molecule has 1 saturated heterocycles. The number of carbonyl (C=O) groups is 1. The van der Waals surface area contributed by atoms with Gasteiger partial charge < -0.3 is 19.5 Å². The van der Waals surface area contributed by atoms with Crippen LogP contribution in [0.2, 0.25) is 0 Å². The summed E-state index contributed by atoms with van der Waals surface area (Å²) < 4.78 is 37.2. The third-order valence-corrected chi connectivity index (χ3v) is 7.40. The Balaban J connectivity index is 1.67. The van der Waals surface area contributed by atoms with Crippen molar-refractivity contribution in [3.8, 4) is 17.2 Å².